The van der Waals surface area contributed by atoms with Gasteiger partial charge in [-0.15, -0.1) is 0 Å². The number of hydrogen-bond acceptors (Lipinski definition) is 2. The van der Waals surface area contributed by atoms with Crippen LogP contribution in [0.2, 0.25) is 0 Å². The maximum absolute atomic E-state index is 9.44. The summed E-state index contributed by atoms with van der Waals surface area (Å²) in [6, 6.07) is 17.3. The van der Waals surface area contributed by atoms with Crippen LogP contribution in [0.3, 0.4) is 0 Å². The van der Waals surface area contributed by atoms with E-state index >= 15 is 0 Å². The van der Waals surface area contributed by atoms with Crippen molar-refractivity contribution >= 4 is 5.78 Å². The van der Waals surface area contributed by atoms with Crippen LogP contribution in [0.1, 0.15) is 83.1 Å². The molecule has 0 unspecified atom stereocenters. The van der Waals surface area contributed by atoms with Gasteiger partial charge in [-0.2, -0.15) is 0 Å². The second-order valence-corrected chi connectivity index (χ2v) is 7.78. The van der Waals surface area contributed by atoms with Crippen LogP contribution in [-0.2, 0) is 11.2 Å². The Bertz CT molecular complexity index is 716. The second-order valence-electron chi connectivity index (χ2n) is 7.78. The molecule has 0 N–H and O–H groups in total. The smallest absolute Gasteiger partial charge is 0.127 e. The van der Waals surface area contributed by atoms with Crippen molar-refractivity contribution in [2.75, 3.05) is 0 Å². The molecular weight excluding hydrogens is 344 g/mol. The molecule has 0 heterocycles. The zero-order chi connectivity index (χ0) is 19.6. The SMILES string of the molecule is C.CC(C)=O.CCCCCC[C@H]1Cc2ccccc2[C@@H]1Oc1cccc(C)c1. The van der Waals surface area contributed by atoms with Crippen LogP contribution in [0.25, 0.3) is 0 Å². The fraction of sp³-hybridized carbons (Fsp3) is 0.500. The summed E-state index contributed by atoms with van der Waals surface area (Å²) < 4.78 is 6.45. The van der Waals surface area contributed by atoms with E-state index in [1.807, 2.05) is 0 Å². The van der Waals surface area contributed by atoms with E-state index in [1.165, 1.54) is 69.1 Å². The lowest BCUT2D eigenvalue weighted by Crippen LogP contribution is -2.14. The summed E-state index contributed by atoms with van der Waals surface area (Å²) >= 11 is 0. The molecule has 0 bridgehead atoms. The number of unbranched alkanes of at least 4 members (excludes halogenated alkanes) is 3. The van der Waals surface area contributed by atoms with E-state index in [-0.39, 0.29) is 19.3 Å². The molecule has 0 saturated heterocycles. The van der Waals surface area contributed by atoms with Crippen LogP contribution in [0.4, 0.5) is 0 Å². The highest BCUT2D eigenvalue weighted by Crippen LogP contribution is 2.41. The number of carbonyl (C=O) groups is 1. The number of aryl methyl sites for hydroxylation is 1. The highest BCUT2D eigenvalue weighted by Gasteiger charge is 2.33. The third-order valence-corrected chi connectivity index (χ3v) is 4.95. The van der Waals surface area contributed by atoms with Crippen molar-refractivity contribution in [1.82, 2.24) is 0 Å². The Morgan fingerprint density at radius 2 is 1.75 bits per heavy atom. The van der Waals surface area contributed by atoms with E-state index in [0.717, 1.165) is 5.75 Å². The van der Waals surface area contributed by atoms with Crippen LogP contribution in [-0.4, -0.2) is 5.78 Å². The number of hydrogen-bond donors (Lipinski definition) is 0. The molecule has 3 rings (SSSR count). The molecule has 2 atom stereocenters. The second kappa shape index (κ2) is 12.4. The van der Waals surface area contributed by atoms with Gasteiger partial charge in [-0.25, -0.2) is 0 Å². The van der Waals surface area contributed by atoms with Crippen molar-refractivity contribution in [3.8, 4) is 5.75 Å². The molecule has 2 nitrogen and oxygen atoms in total. The van der Waals surface area contributed by atoms with Crippen LogP contribution >= 0.6 is 0 Å². The van der Waals surface area contributed by atoms with Crippen molar-refractivity contribution in [2.45, 2.75) is 79.8 Å². The first-order valence-electron chi connectivity index (χ1n) is 10.3. The molecule has 28 heavy (non-hydrogen) atoms. The van der Waals surface area contributed by atoms with Crippen LogP contribution in [0, 0.1) is 12.8 Å². The van der Waals surface area contributed by atoms with Gasteiger partial charge in [-0.3, -0.25) is 0 Å². The van der Waals surface area contributed by atoms with Crippen molar-refractivity contribution in [2.24, 2.45) is 5.92 Å². The average molecular weight is 383 g/mol. The maximum atomic E-state index is 9.44. The highest BCUT2D eigenvalue weighted by molar-refractivity contribution is 5.72. The summed E-state index contributed by atoms with van der Waals surface area (Å²) in [7, 11) is 0. The molecule has 2 heteroatoms. The Balaban J connectivity index is 0.000000717. The van der Waals surface area contributed by atoms with Crippen LogP contribution < -0.4 is 4.74 Å². The molecule has 2 aromatic rings. The van der Waals surface area contributed by atoms with E-state index in [4.69, 9.17) is 4.74 Å². The number of carbonyl (C=O) groups excluding carboxylic acids is 1. The lowest BCUT2D eigenvalue weighted by Gasteiger charge is -2.22. The third kappa shape index (κ3) is 7.50. The molecule has 0 aliphatic heterocycles. The summed E-state index contributed by atoms with van der Waals surface area (Å²) in [4.78, 5) is 9.44. The minimum Gasteiger partial charge on any atom is -0.485 e. The molecule has 0 radical (unpaired) electrons. The fourth-order valence-electron chi connectivity index (χ4n) is 3.72. The van der Waals surface area contributed by atoms with E-state index in [0.29, 0.717) is 5.92 Å². The molecule has 0 aromatic heterocycles. The van der Waals surface area contributed by atoms with Crippen LogP contribution in [0.15, 0.2) is 48.5 Å². The first kappa shape index (κ1) is 23.9. The van der Waals surface area contributed by atoms with Gasteiger partial charge in [0.1, 0.15) is 17.6 Å². The number of fused-ring (bicyclic) bond motifs is 1. The van der Waals surface area contributed by atoms with Crippen LogP contribution in [0.5, 0.6) is 5.75 Å². The van der Waals surface area contributed by atoms with Gasteiger partial charge in [0, 0.05) is 5.92 Å². The maximum Gasteiger partial charge on any atom is 0.127 e. The predicted molar refractivity (Wildman–Crippen MR) is 120 cm³/mol. The van der Waals surface area contributed by atoms with Gasteiger partial charge in [-0.05, 0) is 62.4 Å². The van der Waals surface area contributed by atoms with Crippen molar-refractivity contribution in [3.05, 3.63) is 65.2 Å². The topological polar surface area (TPSA) is 26.3 Å². The molecule has 0 amide bonds. The summed E-state index contributed by atoms with van der Waals surface area (Å²) in [5.74, 6) is 1.79. The Morgan fingerprint density at radius 3 is 2.43 bits per heavy atom. The largest absolute Gasteiger partial charge is 0.485 e. The fourth-order valence-corrected chi connectivity index (χ4v) is 3.72. The van der Waals surface area contributed by atoms with E-state index < -0.39 is 0 Å². The van der Waals surface area contributed by atoms with Gasteiger partial charge in [0.2, 0.25) is 0 Å². The molecular formula is C26H38O2. The first-order valence-corrected chi connectivity index (χ1v) is 10.3. The molecule has 0 saturated carbocycles. The molecule has 1 aliphatic rings. The molecule has 154 valence electrons. The van der Waals surface area contributed by atoms with Gasteiger partial charge in [-0.1, -0.05) is 76.4 Å². The Kier molecular flexibility index (Phi) is 10.6. The lowest BCUT2D eigenvalue weighted by atomic mass is 9.95. The molecule has 2 aromatic carbocycles. The number of benzene rings is 2. The summed E-state index contributed by atoms with van der Waals surface area (Å²) in [6.07, 6.45) is 7.97. The van der Waals surface area contributed by atoms with Crippen molar-refractivity contribution in [1.29, 1.82) is 0 Å². The van der Waals surface area contributed by atoms with Gasteiger partial charge in [0.15, 0.2) is 0 Å². The number of ether oxygens (including phenoxy) is 1. The van der Waals surface area contributed by atoms with E-state index in [2.05, 4.69) is 62.4 Å². The molecule has 0 spiro atoms. The van der Waals surface area contributed by atoms with Crippen molar-refractivity contribution in [3.63, 3.8) is 0 Å². The van der Waals surface area contributed by atoms with Crippen molar-refractivity contribution < 1.29 is 9.53 Å². The van der Waals surface area contributed by atoms with Gasteiger partial charge in [0.05, 0.1) is 0 Å². The quantitative estimate of drug-likeness (QED) is 0.464. The normalized spacial score (nSPS) is 17.0. The van der Waals surface area contributed by atoms with E-state index in [9.17, 15) is 4.79 Å². The van der Waals surface area contributed by atoms with Gasteiger partial charge in [0.25, 0.3) is 0 Å². The Labute approximate surface area is 172 Å². The molecule has 0 fully saturated rings. The molecule has 1 aliphatic carbocycles. The standard InChI is InChI=1S/C22H28O.C3H6O.CH4/c1-3-4-5-6-12-19-16-18-11-7-8-14-21(18)22(19)23-20-13-9-10-17(2)15-20;1-3(2)4;/h7-11,13-15,19,22H,3-6,12,16H2,1-2H3;1-2H3;1H4/t19-,22+;;/m0../s1. The number of Topliss-reactive ketones (excluding diaryl/α,β-unsaturated/α-hetero) is 1. The van der Waals surface area contributed by atoms with E-state index in [1.54, 1.807) is 0 Å². The van der Waals surface area contributed by atoms with Gasteiger partial charge >= 0.3 is 0 Å². The first-order chi connectivity index (χ1) is 13.0. The minimum absolute atomic E-state index is 0. The number of ketones is 1. The summed E-state index contributed by atoms with van der Waals surface area (Å²) in [5, 5.41) is 0. The van der Waals surface area contributed by atoms with Gasteiger partial charge < -0.3 is 9.53 Å². The average Bonchev–Trinajstić information content (AvgIpc) is 2.96. The predicted octanol–water partition coefficient (Wildman–Crippen LogP) is 7.49. The Hall–Kier alpha value is -2.09. The lowest BCUT2D eigenvalue weighted by molar-refractivity contribution is -0.114. The summed E-state index contributed by atoms with van der Waals surface area (Å²) in [6.45, 7) is 7.45. The third-order valence-electron chi connectivity index (χ3n) is 4.95. The summed E-state index contributed by atoms with van der Waals surface area (Å²) in [5.41, 5.74) is 4.13. The zero-order valence-electron chi connectivity index (χ0n) is 17.3. The monoisotopic (exact) mass is 382 g/mol. The highest BCUT2D eigenvalue weighted by atomic mass is 16.5. The Morgan fingerprint density at radius 1 is 1.04 bits per heavy atom. The number of rotatable bonds is 7. The minimum atomic E-state index is 0. The zero-order valence-corrected chi connectivity index (χ0v) is 17.3.